The van der Waals surface area contributed by atoms with E-state index in [9.17, 15) is 4.79 Å². The molecule has 102 valence electrons. The highest BCUT2D eigenvalue weighted by atomic mass is 32.1. The maximum absolute atomic E-state index is 11.8. The van der Waals surface area contributed by atoms with Gasteiger partial charge in [0.15, 0.2) is 10.8 Å². The van der Waals surface area contributed by atoms with Gasteiger partial charge in [0.1, 0.15) is 0 Å². The molecule has 0 atom stereocenters. The first-order valence-corrected chi connectivity index (χ1v) is 6.80. The summed E-state index contributed by atoms with van der Waals surface area (Å²) in [5.41, 5.74) is 1.41. The third-order valence-corrected chi connectivity index (χ3v) is 3.42. The fraction of sp³-hybridized carbons (Fsp3) is 0.154. The predicted molar refractivity (Wildman–Crippen MR) is 73.4 cm³/mol. The van der Waals surface area contributed by atoms with Gasteiger partial charge in [-0.15, -0.1) is 11.3 Å². The Balaban J connectivity index is 1.64. The van der Waals surface area contributed by atoms with Crippen molar-refractivity contribution in [3.05, 3.63) is 41.2 Å². The maximum Gasteiger partial charge on any atom is 0.232 e. The lowest BCUT2D eigenvalue weighted by atomic mass is 10.3. The molecule has 0 radical (unpaired) electrons. The number of thiazole rings is 1. The molecule has 6 nitrogen and oxygen atoms in total. The molecule has 0 aliphatic heterocycles. The number of carbonyl (C=O) groups is 1. The summed E-state index contributed by atoms with van der Waals surface area (Å²) < 4.78 is 10.2. The minimum Gasteiger partial charge on any atom is -0.462 e. The van der Waals surface area contributed by atoms with Gasteiger partial charge in [-0.25, -0.2) is 4.98 Å². The topological polar surface area (TPSA) is 81.2 Å². The molecular weight excluding hydrogens is 278 g/mol. The van der Waals surface area contributed by atoms with Crippen LogP contribution >= 0.6 is 11.3 Å². The van der Waals surface area contributed by atoms with Gasteiger partial charge >= 0.3 is 0 Å². The summed E-state index contributed by atoms with van der Waals surface area (Å²) in [6.07, 6.45) is 1.77. The Labute approximate surface area is 118 Å². The molecule has 0 unspecified atom stereocenters. The third-order valence-electron chi connectivity index (χ3n) is 2.52. The molecule has 7 heteroatoms. The molecule has 1 N–H and O–H groups in total. The van der Waals surface area contributed by atoms with Crippen molar-refractivity contribution in [2.45, 2.75) is 13.3 Å². The first kappa shape index (κ1) is 12.6. The first-order valence-electron chi connectivity index (χ1n) is 5.92. The normalized spacial score (nSPS) is 10.7. The number of carbonyl (C=O) groups excluding carboxylic acids is 1. The molecule has 1 amide bonds. The van der Waals surface area contributed by atoms with Crippen LogP contribution in [0.25, 0.3) is 10.8 Å². The zero-order valence-electron chi connectivity index (χ0n) is 10.6. The molecule has 3 heterocycles. The standard InChI is InChI=1S/C13H11N3O3S/c1-8-5-12(19-16-8)15-11(17)6-9-7-20-13(14-9)10-3-2-4-18-10/h2-5,7H,6H2,1H3,(H,15,17). The van der Waals surface area contributed by atoms with Crippen LogP contribution in [0.3, 0.4) is 0 Å². The molecule has 0 spiro atoms. The van der Waals surface area contributed by atoms with Crippen LogP contribution in [0.5, 0.6) is 0 Å². The summed E-state index contributed by atoms with van der Waals surface area (Å²) in [5.74, 6) is 0.846. The van der Waals surface area contributed by atoms with Crippen LogP contribution < -0.4 is 5.32 Å². The summed E-state index contributed by atoms with van der Waals surface area (Å²) in [5, 5.41) is 8.92. The van der Waals surface area contributed by atoms with Crippen LogP contribution in [0.15, 0.2) is 38.8 Å². The lowest BCUT2D eigenvalue weighted by Gasteiger charge is -1.97. The fourth-order valence-electron chi connectivity index (χ4n) is 1.67. The minimum absolute atomic E-state index is 0.178. The Bertz CT molecular complexity index is 715. The van der Waals surface area contributed by atoms with Crippen LogP contribution in [0.1, 0.15) is 11.4 Å². The summed E-state index contributed by atoms with van der Waals surface area (Å²) in [7, 11) is 0. The Morgan fingerprint density at radius 2 is 2.40 bits per heavy atom. The van der Waals surface area contributed by atoms with Crippen LogP contribution in [0, 0.1) is 6.92 Å². The Hall–Kier alpha value is -2.41. The van der Waals surface area contributed by atoms with Gasteiger partial charge in [0, 0.05) is 11.4 Å². The molecule has 0 aromatic carbocycles. The number of nitrogens with one attached hydrogen (secondary N) is 1. The highest BCUT2D eigenvalue weighted by Gasteiger charge is 2.12. The van der Waals surface area contributed by atoms with E-state index in [2.05, 4.69) is 15.5 Å². The molecule has 0 saturated carbocycles. The molecule has 0 bridgehead atoms. The van der Waals surface area contributed by atoms with Gasteiger partial charge in [-0.05, 0) is 19.1 Å². The first-order chi connectivity index (χ1) is 9.70. The van der Waals surface area contributed by atoms with E-state index in [1.165, 1.54) is 11.3 Å². The number of aromatic nitrogens is 2. The lowest BCUT2D eigenvalue weighted by Crippen LogP contribution is -2.14. The molecule has 20 heavy (non-hydrogen) atoms. The zero-order chi connectivity index (χ0) is 13.9. The van der Waals surface area contributed by atoms with Gasteiger partial charge in [-0.2, -0.15) is 0 Å². The predicted octanol–water partition coefficient (Wildman–Crippen LogP) is 2.88. The number of anilines is 1. The maximum atomic E-state index is 11.8. The number of furan rings is 1. The van der Waals surface area contributed by atoms with Gasteiger partial charge in [0.25, 0.3) is 0 Å². The Morgan fingerprint density at radius 1 is 1.50 bits per heavy atom. The Kier molecular flexibility index (Phi) is 3.34. The SMILES string of the molecule is Cc1cc(NC(=O)Cc2csc(-c3ccco3)n2)on1. The van der Waals surface area contributed by atoms with Gasteiger partial charge in [-0.1, -0.05) is 5.16 Å². The fourth-order valence-corrected chi connectivity index (χ4v) is 2.46. The molecule has 0 fully saturated rings. The number of amides is 1. The summed E-state index contributed by atoms with van der Waals surface area (Å²) in [4.78, 5) is 16.2. The lowest BCUT2D eigenvalue weighted by molar-refractivity contribution is -0.115. The molecule has 0 aliphatic carbocycles. The van der Waals surface area contributed by atoms with E-state index in [1.54, 1.807) is 25.3 Å². The minimum atomic E-state index is -0.197. The highest BCUT2D eigenvalue weighted by molar-refractivity contribution is 7.13. The highest BCUT2D eigenvalue weighted by Crippen LogP contribution is 2.24. The van der Waals surface area contributed by atoms with Crippen LogP contribution in [0.2, 0.25) is 0 Å². The second-order valence-electron chi connectivity index (χ2n) is 4.18. The van der Waals surface area contributed by atoms with E-state index in [0.29, 0.717) is 23.0 Å². The number of aryl methyl sites for hydroxylation is 1. The van der Waals surface area contributed by atoms with Crippen LogP contribution in [-0.4, -0.2) is 16.0 Å². The van der Waals surface area contributed by atoms with Gasteiger partial charge in [-0.3, -0.25) is 10.1 Å². The molecular formula is C13H11N3O3S. The van der Waals surface area contributed by atoms with Gasteiger partial charge in [0.05, 0.1) is 24.1 Å². The van der Waals surface area contributed by atoms with Crippen LogP contribution in [0.4, 0.5) is 5.88 Å². The molecule has 0 aliphatic rings. The van der Waals surface area contributed by atoms with Crippen molar-refractivity contribution < 1.29 is 13.7 Å². The second-order valence-corrected chi connectivity index (χ2v) is 5.04. The summed E-state index contributed by atoms with van der Waals surface area (Å²) in [6.45, 7) is 1.79. The monoisotopic (exact) mass is 289 g/mol. The molecule has 3 aromatic heterocycles. The largest absolute Gasteiger partial charge is 0.462 e. The van der Waals surface area contributed by atoms with Crippen molar-refractivity contribution in [1.29, 1.82) is 0 Å². The van der Waals surface area contributed by atoms with E-state index < -0.39 is 0 Å². The van der Waals surface area contributed by atoms with Crippen molar-refractivity contribution in [2.24, 2.45) is 0 Å². The van der Waals surface area contributed by atoms with Crippen molar-refractivity contribution in [3.63, 3.8) is 0 Å². The summed E-state index contributed by atoms with van der Waals surface area (Å²) in [6, 6.07) is 5.29. The third kappa shape index (κ3) is 2.77. The van der Waals surface area contributed by atoms with Gasteiger partial charge in [0.2, 0.25) is 11.8 Å². The quantitative estimate of drug-likeness (QED) is 0.798. The van der Waals surface area contributed by atoms with E-state index in [1.807, 2.05) is 11.4 Å². The Morgan fingerprint density at radius 3 is 3.10 bits per heavy atom. The van der Waals surface area contributed by atoms with E-state index in [4.69, 9.17) is 8.94 Å². The van der Waals surface area contributed by atoms with Gasteiger partial charge < -0.3 is 8.94 Å². The average Bonchev–Trinajstić information content (AvgIpc) is 3.10. The smallest absolute Gasteiger partial charge is 0.232 e. The zero-order valence-corrected chi connectivity index (χ0v) is 11.4. The number of hydrogen-bond donors (Lipinski definition) is 1. The second kappa shape index (κ2) is 5.30. The van der Waals surface area contributed by atoms with Crippen molar-refractivity contribution in [2.75, 3.05) is 5.32 Å². The number of nitrogens with zero attached hydrogens (tertiary/aromatic N) is 2. The average molecular weight is 289 g/mol. The van der Waals surface area contributed by atoms with E-state index in [-0.39, 0.29) is 12.3 Å². The number of rotatable bonds is 4. The molecule has 3 aromatic rings. The van der Waals surface area contributed by atoms with Crippen molar-refractivity contribution >= 4 is 23.1 Å². The molecule has 0 saturated heterocycles. The van der Waals surface area contributed by atoms with E-state index in [0.717, 1.165) is 5.01 Å². The van der Waals surface area contributed by atoms with Crippen molar-refractivity contribution in [3.8, 4) is 10.8 Å². The van der Waals surface area contributed by atoms with Crippen LogP contribution in [-0.2, 0) is 11.2 Å². The summed E-state index contributed by atoms with van der Waals surface area (Å²) >= 11 is 1.44. The number of hydrogen-bond acceptors (Lipinski definition) is 6. The van der Waals surface area contributed by atoms with Crippen molar-refractivity contribution in [1.82, 2.24) is 10.1 Å². The van der Waals surface area contributed by atoms with E-state index >= 15 is 0 Å². The molecule has 3 rings (SSSR count).